The molecule has 1 rings (SSSR count). The van der Waals surface area contributed by atoms with Crippen molar-refractivity contribution < 1.29 is 33.6 Å². The van der Waals surface area contributed by atoms with E-state index in [1.807, 2.05) is 0 Å². The summed E-state index contributed by atoms with van der Waals surface area (Å²) in [7, 11) is 0. The Morgan fingerprint density at radius 3 is 1.63 bits per heavy atom. The molecular formula is C20H30O7. The molecule has 0 aliphatic carbocycles. The van der Waals surface area contributed by atoms with Crippen LogP contribution in [0.15, 0.2) is 12.1 Å². The fourth-order valence-corrected chi connectivity index (χ4v) is 2.41. The van der Waals surface area contributed by atoms with E-state index in [2.05, 4.69) is 0 Å². The lowest BCUT2D eigenvalue weighted by Crippen LogP contribution is -2.32. The number of esters is 2. The predicted molar refractivity (Wildman–Crippen MR) is 100 cm³/mol. The topological polar surface area (TPSA) is 91.3 Å². The van der Waals surface area contributed by atoms with E-state index in [1.54, 1.807) is 53.7 Å². The van der Waals surface area contributed by atoms with Gasteiger partial charge >= 0.3 is 11.9 Å². The minimum atomic E-state index is -1.12. The fraction of sp³-hybridized carbons (Fsp3) is 0.600. The van der Waals surface area contributed by atoms with Gasteiger partial charge in [-0.1, -0.05) is 0 Å². The number of rotatable bonds is 10. The van der Waals surface area contributed by atoms with Crippen molar-refractivity contribution in [2.45, 2.75) is 60.2 Å². The van der Waals surface area contributed by atoms with E-state index in [0.717, 1.165) is 0 Å². The maximum atomic E-state index is 12.4. The first-order valence-electron chi connectivity index (χ1n) is 9.21. The lowest BCUT2D eigenvalue weighted by Gasteiger charge is -2.19. The fourth-order valence-electron chi connectivity index (χ4n) is 2.41. The average molecular weight is 382 g/mol. The number of carbonyl (C=O) groups excluding carboxylic acids is 2. The summed E-state index contributed by atoms with van der Waals surface area (Å²) in [5.41, 5.74) is 0.589. The highest BCUT2D eigenvalue weighted by molar-refractivity contribution is 5.95. The number of carbonyl (C=O) groups is 2. The van der Waals surface area contributed by atoms with Gasteiger partial charge in [0.25, 0.3) is 0 Å². The van der Waals surface area contributed by atoms with Gasteiger partial charge in [0.15, 0.2) is 17.4 Å². The Bertz CT molecular complexity index is 588. The van der Waals surface area contributed by atoms with Crippen molar-refractivity contribution in [3.63, 3.8) is 0 Å². The molecule has 0 heterocycles. The van der Waals surface area contributed by atoms with Gasteiger partial charge in [0, 0.05) is 0 Å². The zero-order valence-corrected chi connectivity index (χ0v) is 16.9. The lowest BCUT2D eigenvalue weighted by atomic mass is 9.98. The van der Waals surface area contributed by atoms with Gasteiger partial charge in [0.1, 0.15) is 0 Å². The molecule has 0 fully saturated rings. The van der Waals surface area contributed by atoms with Crippen LogP contribution in [0.2, 0.25) is 0 Å². The van der Waals surface area contributed by atoms with Crippen LogP contribution in [-0.2, 0) is 25.5 Å². The molecule has 1 aromatic rings. The first-order valence-corrected chi connectivity index (χ1v) is 9.21. The van der Waals surface area contributed by atoms with E-state index in [-0.39, 0.29) is 35.9 Å². The average Bonchev–Trinajstić information content (AvgIpc) is 2.55. The summed E-state index contributed by atoms with van der Waals surface area (Å²) < 4.78 is 21.3. The molecule has 7 nitrogen and oxygen atoms in total. The smallest absolute Gasteiger partial charge is 0.320 e. The van der Waals surface area contributed by atoms with Crippen LogP contribution in [0.3, 0.4) is 0 Å². The van der Waals surface area contributed by atoms with E-state index in [0.29, 0.717) is 18.8 Å². The number of hydrogen-bond acceptors (Lipinski definition) is 7. The summed E-state index contributed by atoms with van der Waals surface area (Å²) in [6.07, 6.45) is -0.674. The van der Waals surface area contributed by atoms with Crippen LogP contribution in [0.25, 0.3) is 0 Å². The van der Waals surface area contributed by atoms with Gasteiger partial charge in [-0.25, -0.2) is 0 Å². The molecule has 27 heavy (non-hydrogen) atoms. The normalized spacial score (nSPS) is 11.0. The molecule has 1 aromatic carbocycles. The molecule has 0 aliphatic rings. The monoisotopic (exact) mass is 382 g/mol. The van der Waals surface area contributed by atoms with Crippen molar-refractivity contribution in [1.29, 1.82) is 0 Å². The molecule has 0 atom stereocenters. The Hall–Kier alpha value is -2.44. The molecular weight excluding hydrogens is 352 g/mol. The molecule has 7 heteroatoms. The summed E-state index contributed by atoms with van der Waals surface area (Å²) in [4.78, 5) is 24.9. The van der Waals surface area contributed by atoms with Crippen LogP contribution < -0.4 is 9.47 Å². The molecule has 1 N–H and O–H groups in total. The van der Waals surface area contributed by atoms with Crippen LogP contribution in [-0.4, -0.2) is 42.5 Å². The molecule has 0 aromatic heterocycles. The minimum absolute atomic E-state index is 0.0392. The van der Waals surface area contributed by atoms with E-state index in [4.69, 9.17) is 18.9 Å². The first-order chi connectivity index (χ1) is 12.7. The summed E-state index contributed by atoms with van der Waals surface area (Å²) >= 11 is 0. The number of ether oxygens (including phenoxy) is 4. The number of benzene rings is 1. The zero-order valence-electron chi connectivity index (χ0n) is 16.9. The van der Waals surface area contributed by atoms with E-state index < -0.39 is 17.9 Å². The van der Waals surface area contributed by atoms with Crippen molar-refractivity contribution in [1.82, 2.24) is 0 Å². The maximum absolute atomic E-state index is 12.4. The summed E-state index contributed by atoms with van der Waals surface area (Å²) in [6, 6.07) is 3.17. The van der Waals surface area contributed by atoms with E-state index >= 15 is 0 Å². The van der Waals surface area contributed by atoms with Crippen molar-refractivity contribution in [3.05, 3.63) is 17.7 Å². The Labute approximate surface area is 160 Å². The second-order valence-corrected chi connectivity index (χ2v) is 6.53. The Balaban J connectivity index is 3.21. The minimum Gasteiger partial charge on any atom is -0.502 e. The second-order valence-electron chi connectivity index (χ2n) is 6.53. The number of phenols is 1. The second kappa shape index (κ2) is 10.6. The van der Waals surface area contributed by atoms with Crippen LogP contribution >= 0.6 is 0 Å². The van der Waals surface area contributed by atoms with Crippen molar-refractivity contribution in [2.75, 3.05) is 13.2 Å². The molecule has 0 spiro atoms. The van der Waals surface area contributed by atoms with Crippen LogP contribution in [0.1, 0.15) is 47.1 Å². The molecule has 0 saturated carbocycles. The zero-order chi connectivity index (χ0) is 20.6. The lowest BCUT2D eigenvalue weighted by molar-refractivity contribution is -0.166. The maximum Gasteiger partial charge on any atom is 0.320 e. The van der Waals surface area contributed by atoms with Crippen LogP contribution in [0.5, 0.6) is 17.2 Å². The molecule has 0 amide bonds. The largest absolute Gasteiger partial charge is 0.502 e. The van der Waals surface area contributed by atoms with Crippen molar-refractivity contribution in [3.8, 4) is 17.2 Å². The number of aromatic hydroxyl groups is 1. The van der Waals surface area contributed by atoms with Gasteiger partial charge in [0.05, 0.1) is 25.4 Å². The summed E-state index contributed by atoms with van der Waals surface area (Å²) in [5.74, 6) is -2.09. The van der Waals surface area contributed by atoms with E-state index in [9.17, 15) is 14.7 Å². The molecule has 0 radical (unpaired) electrons. The third kappa shape index (κ3) is 7.00. The van der Waals surface area contributed by atoms with Crippen LogP contribution in [0, 0.1) is 5.92 Å². The highest BCUT2D eigenvalue weighted by atomic mass is 16.6. The first kappa shape index (κ1) is 22.6. The summed E-state index contributed by atoms with van der Waals surface area (Å²) in [5, 5.41) is 10.2. The SMILES string of the molecule is CCOc1cc(CC(C(=O)OC(C)C)C(=O)OC(C)C)cc(OCC)c1O. The number of phenolic OH excluding ortho intramolecular Hbond substituents is 1. The highest BCUT2D eigenvalue weighted by Crippen LogP contribution is 2.38. The van der Waals surface area contributed by atoms with Gasteiger partial charge in [-0.3, -0.25) is 9.59 Å². The van der Waals surface area contributed by atoms with Gasteiger partial charge < -0.3 is 24.1 Å². The van der Waals surface area contributed by atoms with Gasteiger partial charge in [0.2, 0.25) is 5.75 Å². The van der Waals surface area contributed by atoms with Crippen molar-refractivity contribution >= 4 is 11.9 Å². The standard InChI is InChI=1S/C20H30O7/c1-7-24-16-10-14(11-17(18(16)21)25-8-2)9-15(19(22)26-12(3)4)20(23)27-13(5)6/h10-13,15,21H,7-9H2,1-6H3. The molecule has 0 aliphatic heterocycles. The predicted octanol–water partition coefficient (Wildman–Crippen LogP) is 3.25. The third-order valence-corrected chi connectivity index (χ3v) is 3.41. The van der Waals surface area contributed by atoms with Gasteiger partial charge in [-0.2, -0.15) is 0 Å². The van der Waals surface area contributed by atoms with Crippen molar-refractivity contribution in [2.24, 2.45) is 5.92 Å². The van der Waals surface area contributed by atoms with Gasteiger partial charge in [-0.05, 0) is 65.7 Å². The molecule has 152 valence electrons. The molecule has 0 unspecified atom stereocenters. The third-order valence-electron chi connectivity index (χ3n) is 3.41. The van der Waals surface area contributed by atoms with E-state index in [1.165, 1.54) is 0 Å². The van der Waals surface area contributed by atoms with Crippen LogP contribution in [0.4, 0.5) is 0 Å². The Morgan fingerprint density at radius 2 is 1.30 bits per heavy atom. The Kier molecular flexibility index (Phi) is 8.91. The highest BCUT2D eigenvalue weighted by Gasteiger charge is 2.32. The molecule has 0 bridgehead atoms. The Morgan fingerprint density at radius 1 is 0.889 bits per heavy atom. The van der Waals surface area contributed by atoms with Gasteiger partial charge in [-0.15, -0.1) is 0 Å². The number of hydrogen-bond donors (Lipinski definition) is 1. The quantitative estimate of drug-likeness (QED) is 0.490. The summed E-state index contributed by atoms with van der Waals surface area (Å²) in [6.45, 7) is 11.1. The molecule has 0 saturated heterocycles.